The molecule has 0 atom stereocenters. The van der Waals surface area contributed by atoms with Gasteiger partial charge in [-0.15, -0.1) is 0 Å². The van der Waals surface area contributed by atoms with Crippen LogP contribution < -0.4 is 0 Å². The number of benzene rings is 1. The van der Waals surface area contributed by atoms with Gasteiger partial charge in [-0.1, -0.05) is 59.6 Å². The molecule has 0 fully saturated rings. The molecule has 0 nitrogen and oxygen atoms in total. The van der Waals surface area contributed by atoms with Crippen molar-refractivity contribution in [1.82, 2.24) is 0 Å². The van der Waals surface area contributed by atoms with Crippen molar-refractivity contribution in [2.75, 3.05) is 0 Å². The molecule has 1 aliphatic rings. The minimum atomic E-state index is 0.229. The lowest BCUT2D eigenvalue weighted by Crippen LogP contribution is -2.41. The maximum Gasteiger partial charge on any atom is 0.0221 e. The summed E-state index contributed by atoms with van der Waals surface area (Å²) in [5, 5.41) is 0. The summed E-state index contributed by atoms with van der Waals surface area (Å²) >= 11 is 7.29. The van der Waals surface area contributed by atoms with Crippen molar-refractivity contribution in [2.45, 2.75) is 46.0 Å². The van der Waals surface area contributed by atoms with Gasteiger partial charge < -0.3 is 0 Å². The molecule has 0 bridgehead atoms. The minimum Gasteiger partial charge on any atom is -0.0591 e. The average Bonchev–Trinajstić information content (AvgIpc) is 2.13. The quantitative estimate of drug-likeness (QED) is 0.585. The molecule has 1 aromatic carbocycles. The smallest absolute Gasteiger partial charge is 0.0221 e. The highest BCUT2D eigenvalue weighted by Crippen LogP contribution is 2.51. The van der Waals surface area contributed by atoms with Gasteiger partial charge in [-0.25, -0.2) is 0 Å². The van der Waals surface area contributed by atoms with E-state index >= 15 is 0 Å². The Balaban J connectivity index is 2.67. The predicted octanol–water partition coefficient (Wildman–Crippen LogP) is 5.46. The number of halogens is 2. The van der Waals surface area contributed by atoms with Crippen LogP contribution in [0.15, 0.2) is 21.1 Å². The van der Waals surface area contributed by atoms with Crippen LogP contribution in [-0.2, 0) is 11.8 Å². The predicted molar refractivity (Wildman–Crippen MR) is 77.0 cm³/mol. The second-order valence-corrected chi connectivity index (χ2v) is 7.69. The van der Waals surface area contributed by atoms with E-state index in [2.05, 4.69) is 71.7 Å². The van der Waals surface area contributed by atoms with Crippen molar-refractivity contribution in [3.63, 3.8) is 0 Å². The largest absolute Gasteiger partial charge is 0.0591 e. The topological polar surface area (TPSA) is 0 Å². The van der Waals surface area contributed by atoms with Crippen molar-refractivity contribution in [1.29, 1.82) is 0 Å². The average molecular weight is 346 g/mol. The van der Waals surface area contributed by atoms with Crippen molar-refractivity contribution in [2.24, 2.45) is 5.41 Å². The van der Waals surface area contributed by atoms with E-state index < -0.39 is 0 Å². The van der Waals surface area contributed by atoms with E-state index in [4.69, 9.17) is 0 Å². The van der Waals surface area contributed by atoms with Crippen LogP contribution in [0.2, 0.25) is 0 Å². The van der Waals surface area contributed by atoms with Gasteiger partial charge in [0.05, 0.1) is 0 Å². The van der Waals surface area contributed by atoms with Gasteiger partial charge in [-0.2, -0.15) is 0 Å². The Morgan fingerprint density at radius 2 is 1.69 bits per heavy atom. The van der Waals surface area contributed by atoms with Gasteiger partial charge in [0, 0.05) is 8.95 Å². The summed E-state index contributed by atoms with van der Waals surface area (Å²) in [6.07, 6.45) is 2.44. The summed E-state index contributed by atoms with van der Waals surface area (Å²) in [5.41, 5.74) is 3.57. The van der Waals surface area contributed by atoms with E-state index in [-0.39, 0.29) is 5.41 Å². The van der Waals surface area contributed by atoms with Crippen LogP contribution in [0.3, 0.4) is 0 Å². The molecule has 0 amide bonds. The van der Waals surface area contributed by atoms with E-state index in [1.807, 2.05) is 0 Å². The van der Waals surface area contributed by atoms with Crippen LogP contribution in [0.4, 0.5) is 0 Å². The van der Waals surface area contributed by atoms with Gasteiger partial charge in [-0.3, -0.25) is 0 Å². The molecule has 0 N–H and O–H groups in total. The molecule has 1 aromatic rings. The van der Waals surface area contributed by atoms with Crippen molar-refractivity contribution < 1.29 is 0 Å². The summed E-state index contributed by atoms with van der Waals surface area (Å²) < 4.78 is 2.42. The van der Waals surface area contributed by atoms with Crippen LogP contribution >= 0.6 is 31.9 Å². The van der Waals surface area contributed by atoms with E-state index in [1.165, 1.54) is 32.9 Å². The van der Waals surface area contributed by atoms with Crippen molar-refractivity contribution in [3.8, 4) is 0 Å². The lowest BCUT2D eigenvalue weighted by Gasteiger charge is -2.47. The Hall–Kier alpha value is 0.180. The zero-order valence-corrected chi connectivity index (χ0v) is 13.5. The Morgan fingerprint density at radius 3 is 2.31 bits per heavy atom. The van der Waals surface area contributed by atoms with Crippen LogP contribution in [0.25, 0.3) is 0 Å². The van der Waals surface area contributed by atoms with Crippen molar-refractivity contribution in [3.05, 3.63) is 32.2 Å². The van der Waals surface area contributed by atoms with Gasteiger partial charge in [-0.05, 0) is 46.9 Å². The van der Waals surface area contributed by atoms with Crippen molar-refractivity contribution >= 4 is 31.9 Å². The normalized spacial score (nSPS) is 21.6. The molecule has 0 unspecified atom stereocenters. The molecule has 0 spiro atoms. The van der Waals surface area contributed by atoms with Gasteiger partial charge >= 0.3 is 0 Å². The molecular weight excluding hydrogens is 328 g/mol. The Kier molecular flexibility index (Phi) is 3.03. The van der Waals surface area contributed by atoms with E-state index in [1.54, 1.807) is 0 Å². The van der Waals surface area contributed by atoms with Gasteiger partial charge in [0.1, 0.15) is 0 Å². The molecule has 0 aliphatic heterocycles. The first kappa shape index (κ1) is 12.6. The van der Waals surface area contributed by atoms with Crippen LogP contribution in [0.1, 0.15) is 45.2 Å². The number of rotatable bonds is 0. The molecular formula is C14H18Br2. The molecule has 0 saturated carbocycles. The Morgan fingerprint density at radius 1 is 1.06 bits per heavy atom. The summed E-state index contributed by atoms with van der Waals surface area (Å²) in [7, 11) is 0. The fourth-order valence-electron chi connectivity index (χ4n) is 2.53. The third-order valence-corrected chi connectivity index (χ3v) is 5.69. The second-order valence-electron chi connectivity index (χ2n) is 5.92. The van der Waals surface area contributed by atoms with Gasteiger partial charge in [0.15, 0.2) is 0 Å². The highest BCUT2D eigenvalue weighted by atomic mass is 79.9. The van der Waals surface area contributed by atoms with E-state index in [0.29, 0.717) is 5.41 Å². The number of fused-ring (bicyclic) bond motifs is 1. The minimum absolute atomic E-state index is 0.229. The number of hydrogen-bond acceptors (Lipinski definition) is 0. The number of hydrogen-bond donors (Lipinski definition) is 0. The first-order chi connectivity index (χ1) is 7.25. The first-order valence-corrected chi connectivity index (χ1v) is 7.33. The fourth-order valence-corrected chi connectivity index (χ4v) is 3.95. The second kappa shape index (κ2) is 3.84. The molecule has 0 aromatic heterocycles. The SMILES string of the molecule is CC1(C)CCc2c(Br)cc(Br)cc2C1(C)C. The highest BCUT2D eigenvalue weighted by Gasteiger charge is 2.43. The summed E-state index contributed by atoms with van der Waals surface area (Å²) in [5.74, 6) is 0. The highest BCUT2D eigenvalue weighted by molar-refractivity contribution is 9.11. The summed E-state index contributed by atoms with van der Waals surface area (Å²) in [4.78, 5) is 0. The lowest BCUT2D eigenvalue weighted by molar-refractivity contribution is 0.164. The Bertz CT molecular complexity index is 431. The Labute approximate surface area is 115 Å². The summed E-state index contributed by atoms with van der Waals surface area (Å²) in [6, 6.07) is 4.45. The molecule has 0 saturated heterocycles. The van der Waals surface area contributed by atoms with Gasteiger partial charge in [0.2, 0.25) is 0 Å². The molecule has 16 heavy (non-hydrogen) atoms. The molecule has 88 valence electrons. The molecule has 2 rings (SSSR count). The molecule has 0 heterocycles. The molecule has 1 aliphatic carbocycles. The molecule has 2 heteroatoms. The van der Waals surface area contributed by atoms with Crippen LogP contribution in [-0.4, -0.2) is 0 Å². The monoisotopic (exact) mass is 344 g/mol. The van der Waals surface area contributed by atoms with E-state index in [0.717, 1.165) is 0 Å². The van der Waals surface area contributed by atoms with E-state index in [9.17, 15) is 0 Å². The van der Waals surface area contributed by atoms with Crippen LogP contribution in [0, 0.1) is 5.41 Å². The standard InChI is InChI=1S/C14H18Br2/c1-13(2)6-5-10-11(14(13,3)4)7-9(15)8-12(10)16/h7-8H,5-6H2,1-4H3. The van der Waals surface area contributed by atoms with Crippen LogP contribution in [0.5, 0.6) is 0 Å². The lowest BCUT2D eigenvalue weighted by atomic mass is 9.57. The summed E-state index contributed by atoms with van der Waals surface area (Å²) in [6.45, 7) is 9.49. The zero-order chi connectivity index (χ0) is 12.1. The maximum atomic E-state index is 3.69. The zero-order valence-electron chi connectivity index (χ0n) is 10.3. The third kappa shape index (κ3) is 1.78. The first-order valence-electron chi connectivity index (χ1n) is 5.74. The maximum absolute atomic E-state index is 3.69. The molecule has 0 radical (unpaired) electrons. The van der Waals surface area contributed by atoms with Gasteiger partial charge in [0.25, 0.3) is 0 Å². The third-order valence-electron chi connectivity index (χ3n) is 4.53. The fraction of sp³-hybridized carbons (Fsp3) is 0.571.